The molecule has 6 nitrogen and oxygen atoms in total. The number of aromatic nitrogens is 3. The number of alkyl halides is 3. The lowest BCUT2D eigenvalue weighted by molar-refractivity contribution is -0.142. The zero-order valence-corrected chi connectivity index (χ0v) is 19.2. The number of nitrogens with zero attached hydrogens (tertiary/aromatic N) is 3. The van der Waals surface area contributed by atoms with Gasteiger partial charge in [-0.25, -0.2) is 31.8 Å². The van der Waals surface area contributed by atoms with E-state index in [2.05, 4.69) is 21.9 Å². The van der Waals surface area contributed by atoms with Crippen LogP contribution in [0.15, 0.2) is 47.5 Å². The first kappa shape index (κ1) is 24.9. The van der Waals surface area contributed by atoms with Gasteiger partial charge in [0.2, 0.25) is 10.0 Å². The fraction of sp³-hybridized carbons (Fsp3) is 0.0476. The number of fused-ring (bicyclic) bond motifs is 1. The molecule has 0 spiro atoms. The number of benzene rings is 2. The standard InChI is InChI=1S/C21H9Cl2F5N4O2S/c22-13-4-3-11(5-14(13)23)17-8-19(21(26,27)28)32-20(31-17)12(9-30-32)2-1-10-6-18(35(29,33)34)16(25)7-15(10)24/h3-9H,(H2,29,33,34). The lowest BCUT2D eigenvalue weighted by Gasteiger charge is -2.11. The van der Waals surface area contributed by atoms with Gasteiger partial charge in [0, 0.05) is 11.6 Å². The second-order valence-corrected chi connectivity index (χ2v) is 9.35. The van der Waals surface area contributed by atoms with E-state index in [9.17, 15) is 30.4 Å². The molecule has 0 fully saturated rings. The number of hydrogen-bond donors (Lipinski definition) is 1. The lowest BCUT2D eigenvalue weighted by Crippen LogP contribution is -2.14. The summed E-state index contributed by atoms with van der Waals surface area (Å²) in [5.74, 6) is 2.02. The Morgan fingerprint density at radius 2 is 1.63 bits per heavy atom. The van der Waals surface area contributed by atoms with Crippen molar-refractivity contribution in [1.29, 1.82) is 0 Å². The normalized spacial score (nSPS) is 12.0. The molecule has 2 heterocycles. The van der Waals surface area contributed by atoms with Gasteiger partial charge in [-0.05, 0) is 24.3 Å². The first-order valence-corrected chi connectivity index (χ1v) is 11.5. The highest BCUT2D eigenvalue weighted by atomic mass is 35.5. The molecule has 180 valence electrons. The molecule has 0 saturated carbocycles. The summed E-state index contributed by atoms with van der Waals surface area (Å²) in [7, 11) is -4.53. The molecule has 4 rings (SSSR count). The number of halogens is 7. The first-order chi connectivity index (χ1) is 16.3. The molecule has 0 aliphatic rings. The van der Waals surface area contributed by atoms with Crippen molar-refractivity contribution in [2.24, 2.45) is 5.14 Å². The fourth-order valence-electron chi connectivity index (χ4n) is 3.03. The van der Waals surface area contributed by atoms with Gasteiger partial charge in [-0.2, -0.15) is 18.3 Å². The minimum atomic E-state index is -4.84. The molecule has 0 amide bonds. The molecule has 0 bridgehead atoms. The third-order valence-electron chi connectivity index (χ3n) is 4.64. The van der Waals surface area contributed by atoms with Gasteiger partial charge in [0.25, 0.3) is 0 Å². The molecule has 2 N–H and O–H groups in total. The molecule has 2 aromatic carbocycles. The van der Waals surface area contributed by atoms with Gasteiger partial charge in [-0.1, -0.05) is 41.1 Å². The van der Waals surface area contributed by atoms with Crippen molar-refractivity contribution in [2.75, 3.05) is 0 Å². The summed E-state index contributed by atoms with van der Waals surface area (Å²) in [6, 6.07) is 5.74. The highest BCUT2D eigenvalue weighted by Crippen LogP contribution is 2.34. The van der Waals surface area contributed by atoms with Crippen LogP contribution in [0.5, 0.6) is 0 Å². The number of nitrogens with two attached hydrogens (primary N) is 1. The van der Waals surface area contributed by atoms with E-state index in [1.165, 1.54) is 18.2 Å². The van der Waals surface area contributed by atoms with Gasteiger partial charge in [0.1, 0.15) is 16.5 Å². The predicted molar refractivity (Wildman–Crippen MR) is 117 cm³/mol. The van der Waals surface area contributed by atoms with Crippen molar-refractivity contribution in [3.8, 4) is 23.1 Å². The minimum Gasteiger partial charge on any atom is -0.227 e. The predicted octanol–water partition coefficient (Wildman–Crippen LogP) is 5.05. The molecule has 0 saturated heterocycles. The summed E-state index contributed by atoms with van der Waals surface area (Å²) in [5, 5.41) is 8.85. The minimum absolute atomic E-state index is 0.0883. The van der Waals surface area contributed by atoms with Gasteiger partial charge in [0.15, 0.2) is 11.3 Å². The molecule has 0 aliphatic heterocycles. The molecular formula is C21H9Cl2F5N4O2S. The van der Waals surface area contributed by atoms with Crippen LogP contribution in [0, 0.1) is 23.5 Å². The largest absolute Gasteiger partial charge is 0.433 e. The molecular weight excluding hydrogens is 538 g/mol. The Bertz CT molecular complexity index is 1680. The molecule has 0 radical (unpaired) electrons. The average Bonchev–Trinajstić information content (AvgIpc) is 3.15. The van der Waals surface area contributed by atoms with Crippen molar-refractivity contribution in [2.45, 2.75) is 11.1 Å². The van der Waals surface area contributed by atoms with Crippen molar-refractivity contribution >= 4 is 38.9 Å². The van der Waals surface area contributed by atoms with E-state index in [0.717, 1.165) is 12.3 Å². The Morgan fingerprint density at radius 1 is 0.943 bits per heavy atom. The van der Waals surface area contributed by atoms with Crippen molar-refractivity contribution < 1.29 is 30.4 Å². The quantitative estimate of drug-likeness (QED) is 0.281. The van der Waals surface area contributed by atoms with Crippen LogP contribution in [0.25, 0.3) is 16.9 Å². The van der Waals surface area contributed by atoms with Gasteiger partial charge < -0.3 is 0 Å². The van der Waals surface area contributed by atoms with Crippen LogP contribution in [-0.4, -0.2) is 23.0 Å². The second kappa shape index (κ2) is 8.76. The summed E-state index contributed by atoms with van der Waals surface area (Å²) in [4.78, 5) is 3.18. The molecule has 4 aromatic rings. The maximum absolute atomic E-state index is 14.2. The number of sulfonamides is 1. The van der Waals surface area contributed by atoms with Gasteiger partial charge in [-0.3, -0.25) is 0 Å². The van der Waals surface area contributed by atoms with Crippen LogP contribution in [0.2, 0.25) is 10.0 Å². The highest BCUT2D eigenvalue weighted by molar-refractivity contribution is 7.89. The van der Waals surface area contributed by atoms with E-state index in [4.69, 9.17) is 28.3 Å². The smallest absolute Gasteiger partial charge is 0.227 e. The van der Waals surface area contributed by atoms with E-state index in [0.29, 0.717) is 10.6 Å². The summed E-state index contributed by atoms with van der Waals surface area (Å²) >= 11 is 11.8. The highest BCUT2D eigenvalue weighted by Gasteiger charge is 2.35. The Balaban J connectivity index is 1.92. The third kappa shape index (κ3) is 4.94. The SMILES string of the molecule is NS(=O)(=O)c1cc(C#Cc2cnn3c(C(F)(F)F)cc(-c4ccc(Cl)c(Cl)c4)nc23)c(F)cc1F. The Kier molecular flexibility index (Phi) is 6.23. The monoisotopic (exact) mass is 546 g/mol. The lowest BCUT2D eigenvalue weighted by atomic mass is 10.1. The molecule has 14 heteroatoms. The fourth-order valence-corrected chi connectivity index (χ4v) is 3.94. The summed E-state index contributed by atoms with van der Waals surface area (Å²) < 4.78 is 92.6. The number of primary sulfonamides is 1. The maximum atomic E-state index is 14.2. The zero-order chi connectivity index (χ0) is 25.7. The van der Waals surface area contributed by atoms with E-state index in [1.54, 1.807) is 0 Å². The average molecular weight is 547 g/mol. The summed E-state index contributed by atoms with van der Waals surface area (Å²) in [6.45, 7) is 0. The summed E-state index contributed by atoms with van der Waals surface area (Å²) in [5.41, 5.74) is -2.14. The molecule has 35 heavy (non-hydrogen) atoms. The third-order valence-corrected chi connectivity index (χ3v) is 6.30. The zero-order valence-electron chi connectivity index (χ0n) is 16.8. The van der Waals surface area contributed by atoms with Crippen LogP contribution in [0.4, 0.5) is 22.0 Å². The molecule has 0 atom stereocenters. The van der Waals surface area contributed by atoms with E-state index in [1.807, 2.05) is 0 Å². The van der Waals surface area contributed by atoms with Crippen LogP contribution < -0.4 is 5.14 Å². The molecule has 0 aliphatic carbocycles. The van der Waals surface area contributed by atoms with Crippen LogP contribution in [0.1, 0.15) is 16.8 Å². The second-order valence-electron chi connectivity index (χ2n) is 7.00. The molecule has 2 aromatic heterocycles. The summed E-state index contributed by atoms with van der Waals surface area (Å²) in [6.07, 6.45) is -3.87. The number of hydrogen-bond acceptors (Lipinski definition) is 4. The topological polar surface area (TPSA) is 90.4 Å². The Labute approximate surface area is 204 Å². The van der Waals surface area contributed by atoms with Gasteiger partial charge in [-0.15, -0.1) is 0 Å². The van der Waals surface area contributed by atoms with E-state index in [-0.39, 0.29) is 38.6 Å². The van der Waals surface area contributed by atoms with E-state index >= 15 is 0 Å². The number of rotatable bonds is 2. The Hall–Kier alpha value is -3.24. The van der Waals surface area contributed by atoms with Gasteiger partial charge in [0.05, 0.1) is 33.1 Å². The van der Waals surface area contributed by atoms with Crippen LogP contribution in [-0.2, 0) is 16.2 Å². The molecule has 0 unspecified atom stereocenters. The van der Waals surface area contributed by atoms with Crippen LogP contribution in [0.3, 0.4) is 0 Å². The maximum Gasteiger partial charge on any atom is 0.433 e. The Morgan fingerprint density at radius 3 is 2.26 bits per heavy atom. The van der Waals surface area contributed by atoms with Crippen molar-refractivity contribution in [3.05, 3.63) is 81.1 Å². The first-order valence-electron chi connectivity index (χ1n) is 9.21. The van der Waals surface area contributed by atoms with Crippen LogP contribution >= 0.6 is 23.2 Å². The van der Waals surface area contributed by atoms with E-state index < -0.39 is 44.0 Å². The van der Waals surface area contributed by atoms with Crippen molar-refractivity contribution in [1.82, 2.24) is 14.6 Å². The van der Waals surface area contributed by atoms with Crippen molar-refractivity contribution in [3.63, 3.8) is 0 Å². The van der Waals surface area contributed by atoms with Gasteiger partial charge >= 0.3 is 6.18 Å².